The van der Waals surface area contributed by atoms with Crippen molar-refractivity contribution in [1.29, 1.82) is 0 Å². The normalized spacial score (nSPS) is 15.3. The summed E-state index contributed by atoms with van der Waals surface area (Å²) >= 11 is 0. The van der Waals surface area contributed by atoms with Crippen LogP contribution in [0.25, 0.3) is 5.69 Å². The van der Waals surface area contributed by atoms with E-state index < -0.39 is 0 Å². The summed E-state index contributed by atoms with van der Waals surface area (Å²) < 4.78 is 2.10. The molecule has 2 aromatic rings. The van der Waals surface area contributed by atoms with Crippen molar-refractivity contribution >= 4 is 0 Å². The van der Waals surface area contributed by atoms with Crippen molar-refractivity contribution in [1.82, 2.24) is 14.7 Å². The summed E-state index contributed by atoms with van der Waals surface area (Å²) in [7, 11) is 0. The van der Waals surface area contributed by atoms with Gasteiger partial charge < -0.3 is 0 Å². The second-order valence-electron chi connectivity index (χ2n) is 5.31. The third kappa shape index (κ3) is 1.75. The first-order valence-corrected chi connectivity index (χ1v) is 6.52. The highest BCUT2D eigenvalue weighted by Crippen LogP contribution is 2.27. The molecule has 0 atom stereocenters. The fourth-order valence-corrected chi connectivity index (χ4v) is 2.55. The van der Waals surface area contributed by atoms with E-state index in [-0.39, 0.29) is 0 Å². The van der Waals surface area contributed by atoms with Crippen molar-refractivity contribution in [2.24, 2.45) is 0 Å². The molecule has 0 radical (unpaired) electrons. The zero-order valence-corrected chi connectivity index (χ0v) is 11.2. The summed E-state index contributed by atoms with van der Waals surface area (Å²) in [4.78, 5) is 2.47. The Balaban J connectivity index is 2.01. The van der Waals surface area contributed by atoms with Gasteiger partial charge in [0.25, 0.3) is 0 Å². The Kier molecular flexibility index (Phi) is 2.71. The maximum atomic E-state index is 4.55. The highest BCUT2D eigenvalue weighted by molar-refractivity contribution is 5.42. The van der Waals surface area contributed by atoms with Crippen molar-refractivity contribution in [3.63, 3.8) is 0 Å². The van der Waals surface area contributed by atoms with Gasteiger partial charge in [-0.2, -0.15) is 5.10 Å². The van der Waals surface area contributed by atoms with Crippen molar-refractivity contribution < 1.29 is 0 Å². The van der Waals surface area contributed by atoms with Gasteiger partial charge in [-0.1, -0.05) is 18.2 Å². The minimum Gasteiger partial charge on any atom is -0.291 e. The van der Waals surface area contributed by atoms with Gasteiger partial charge >= 0.3 is 0 Å². The predicted molar refractivity (Wildman–Crippen MR) is 72.7 cm³/mol. The van der Waals surface area contributed by atoms with E-state index in [0.29, 0.717) is 6.04 Å². The third-order valence-corrected chi connectivity index (χ3v) is 3.76. The van der Waals surface area contributed by atoms with Gasteiger partial charge in [0, 0.05) is 24.7 Å². The third-order valence-electron chi connectivity index (χ3n) is 3.76. The van der Waals surface area contributed by atoms with Crippen LogP contribution in [0.2, 0.25) is 0 Å². The molecule has 2 heterocycles. The SMILES string of the molecule is Cc1ccccc1-n1ncc2c1CN(C(C)C)C2. The topological polar surface area (TPSA) is 21.1 Å². The summed E-state index contributed by atoms with van der Waals surface area (Å²) in [6, 6.07) is 9.01. The molecule has 18 heavy (non-hydrogen) atoms. The smallest absolute Gasteiger partial charge is 0.0678 e. The molecule has 0 unspecified atom stereocenters. The largest absolute Gasteiger partial charge is 0.291 e. The molecular weight excluding hydrogens is 222 g/mol. The molecule has 0 bridgehead atoms. The van der Waals surface area contributed by atoms with Gasteiger partial charge in [-0.15, -0.1) is 0 Å². The number of aryl methyl sites for hydroxylation is 1. The molecule has 1 aliphatic rings. The lowest BCUT2D eigenvalue weighted by molar-refractivity contribution is 0.223. The van der Waals surface area contributed by atoms with Crippen LogP contribution in [0.15, 0.2) is 30.5 Å². The molecule has 0 N–H and O–H groups in total. The second-order valence-corrected chi connectivity index (χ2v) is 5.31. The van der Waals surface area contributed by atoms with E-state index in [2.05, 4.69) is 59.7 Å². The summed E-state index contributed by atoms with van der Waals surface area (Å²) in [6.45, 7) is 8.66. The molecule has 0 spiro atoms. The number of rotatable bonds is 2. The standard InChI is InChI=1S/C15H19N3/c1-11(2)17-9-13-8-16-18(15(13)10-17)14-7-5-4-6-12(14)3/h4-8,11H,9-10H2,1-3H3. The number of para-hydroxylation sites is 1. The molecule has 0 saturated heterocycles. The first-order chi connectivity index (χ1) is 8.66. The van der Waals surface area contributed by atoms with Crippen LogP contribution in [0, 0.1) is 6.92 Å². The summed E-state index contributed by atoms with van der Waals surface area (Å²) in [5.74, 6) is 0. The Morgan fingerprint density at radius 3 is 2.67 bits per heavy atom. The van der Waals surface area contributed by atoms with E-state index in [4.69, 9.17) is 0 Å². The number of benzene rings is 1. The molecule has 0 amide bonds. The van der Waals surface area contributed by atoms with Gasteiger partial charge in [0.1, 0.15) is 0 Å². The Morgan fingerprint density at radius 1 is 1.17 bits per heavy atom. The van der Waals surface area contributed by atoms with Crippen molar-refractivity contribution in [3.05, 3.63) is 47.3 Å². The highest BCUT2D eigenvalue weighted by atomic mass is 15.3. The molecule has 94 valence electrons. The van der Waals surface area contributed by atoms with Crippen LogP contribution >= 0.6 is 0 Å². The zero-order valence-electron chi connectivity index (χ0n) is 11.2. The zero-order chi connectivity index (χ0) is 12.7. The first-order valence-electron chi connectivity index (χ1n) is 6.52. The second kappa shape index (κ2) is 4.25. The molecule has 3 nitrogen and oxygen atoms in total. The fourth-order valence-electron chi connectivity index (χ4n) is 2.55. The highest BCUT2D eigenvalue weighted by Gasteiger charge is 2.25. The summed E-state index contributed by atoms with van der Waals surface area (Å²) in [5, 5.41) is 4.55. The molecule has 0 fully saturated rings. The van der Waals surface area contributed by atoms with Crippen LogP contribution in [0.4, 0.5) is 0 Å². The average molecular weight is 241 g/mol. The van der Waals surface area contributed by atoms with Gasteiger partial charge in [0.05, 0.1) is 17.6 Å². The van der Waals surface area contributed by atoms with Gasteiger partial charge in [-0.25, -0.2) is 4.68 Å². The number of hydrogen-bond acceptors (Lipinski definition) is 2. The van der Waals surface area contributed by atoms with Gasteiger partial charge in [-0.3, -0.25) is 4.90 Å². The van der Waals surface area contributed by atoms with Crippen LogP contribution in [-0.4, -0.2) is 20.7 Å². The maximum Gasteiger partial charge on any atom is 0.0678 e. The molecule has 0 saturated carbocycles. The van der Waals surface area contributed by atoms with Crippen LogP contribution in [-0.2, 0) is 13.1 Å². The predicted octanol–water partition coefficient (Wildman–Crippen LogP) is 2.90. The van der Waals surface area contributed by atoms with Gasteiger partial charge in [0.15, 0.2) is 0 Å². The molecule has 3 heteroatoms. The lowest BCUT2D eigenvalue weighted by atomic mass is 10.2. The maximum absolute atomic E-state index is 4.55. The molecule has 1 aliphatic heterocycles. The fraction of sp³-hybridized carbons (Fsp3) is 0.400. The van der Waals surface area contributed by atoms with Gasteiger partial charge in [0.2, 0.25) is 0 Å². The Hall–Kier alpha value is -1.61. The van der Waals surface area contributed by atoms with Crippen LogP contribution in [0.3, 0.4) is 0 Å². The van der Waals surface area contributed by atoms with Crippen molar-refractivity contribution in [2.45, 2.75) is 39.9 Å². The van der Waals surface area contributed by atoms with Crippen LogP contribution < -0.4 is 0 Å². The molecule has 1 aromatic carbocycles. The summed E-state index contributed by atoms with van der Waals surface area (Å²) in [5.41, 5.74) is 5.18. The van der Waals surface area contributed by atoms with Crippen molar-refractivity contribution in [2.75, 3.05) is 0 Å². The quantitative estimate of drug-likeness (QED) is 0.806. The monoisotopic (exact) mass is 241 g/mol. The van der Waals surface area contributed by atoms with E-state index >= 15 is 0 Å². The van der Waals surface area contributed by atoms with E-state index in [1.807, 2.05) is 6.20 Å². The number of hydrogen-bond donors (Lipinski definition) is 0. The Morgan fingerprint density at radius 2 is 1.94 bits per heavy atom. The average Bonchev–Trinajstić information content (AvgIpc) is 2.89. The van der Waals surface area contributed by atoms with E-state index in [1.54, 1.807) is 0 Å². The Labute approximate surface area is 108 Å². The lowest BCUT2D eigenvalue weighted by Gasteiger charge is -2.20. The summed E-state index contributed by atoms with van der Waals surface area (Å²) in [6.07, 6.45) is 2.02. The van der Waals surface area contributed by atoms with Gasteiger partial charge in [-0.05, 0) is 32.4 Å². The number of fused-ring (bicyclic) bond motifs is 1. The van der Waals surface area contributed by atoms with E-state index in [1.165, 1.54) is 22.5 Å². The Bertz CT molecular complexity index is 569. The minimum absolute atomic E-state index is 0.586. The van der Waals surface area contributed by atoms with E-state index in [9.17, 15) is 0 Å². The number of nitrogens with zero attached hydrogens (tertiary/aromatic N) is 3. The molecule has 0 aliphatic carbocycles. The number of aromatic nitrogens is 2. The van der Waals surface area contributed by atoms with Crippen molar-refractivity contribution in [3.8, 4) is 5.69 Å². The van der Waals surface area contributed by atoms with Crippen LogP contribution in [0.1, 0.15) is 30.7 Å². The minimum atomic E-state index is 0.586. The molecular formula is C15H19N3. The molecule has 3 rings (SSSR count). The molecule has 1 aromatic heterocycles. The van der Waals surface area contributed by atoms with E-state index in [0.717, 1.165) is 13.1 Å². The lowest BCUT2D eigenvalue weighted by Crippen LogP contribution is -2.25. The van der Waals surface area contributed by atoms with Crippen LogP contribution in [0.5, 0.6) is 0 Å². The first kappa shape index (κ1) is 11.5.